The van der Waals surface area contributed by atoms with Gasteiger partial charge in [-0.15, -0.1) is 0 Å². The first kappa shape index (κ1) is 14.5. The highest BCUT2D eigenvalue weighted by atomic mass is 35.5. The van der Waals surface area contributed by atoms with Crippen molar-refractivity contribution in [2.24, 2.45) is 0 Å². The number of halogens is 1. The molecule has 0 heterocycles. The second-order valence-electron chi connectivity index (χ2n) is 4.83. The Morgan fingerprint density at radius 2 is 2.26 bits per heavy atom. The van der Waals surface area contributed by atoms with Crippen molar-refractivity contribution in [3.8, 4) is 0 Å². The summed E-state index contributed by atoms with van der Waals surface area (Å²) in [7, 11) is 0. The molecule has 0 bridgehead atoms. The molecular formula is C14H18ClNO2S. The van der Waals surface area contributed by atoms with E-state index in [0.717, 1.165) is 12.8 Å². The second kappa shape index (κ2) is 6.53. The Labute approximate surface area is 122 Å². The van der Waals surface area contributed by atoms with Crippen LogP contribution in [0, 0.1) is 0 Å². The number of hydrogen-bond acceptors (Lipinski definition) is 3. The Kier molecular flexibility index (Phi) is 4.99. The molecule has 0 amide bonds. The second-order valence-corrected chi connectivity index (χ2v) is 6.38. The van der Waals surface area contributed by atoms with Crippen LogP contribution >= 0.6 is 23.4 Å². The van der Waals surface area contributed by atoms with Crippen LogP contribution in [-0.4, -0.2) is 28.6 Å². The molecule has 19 heavy (non-hydrogen) atoms. The zero-order chi connectivity index (χ0) is 13.8. The molecule has 0 aliphatic heterocycles. The average molecular weight is 300 g/mol. The summed E-state index contributed by atoms with van der Waals surface area (Å²) >= 11 is 7.86. The molecule has 104 valence electrons. The van der Waals surface area contributed by atoms with Crippen LogP contribution in [0.5, 0.6) is 0 Å². The van der Waals surface area contributed by atoms with Gasteiger partial charge in [0, 0.05) is 11.3 Å². The van der Waals surface area contributed by atoms with Gasteiger partial charge < -0.3 is 10.4 Å². The Bertz CT molecular complexity index is 467. The SMILES string of the molecule is CSC1CCCC(Nc2cccc(Cl)c2C(=O)O)C1. The van der Waals surface area contributed by atoms with Crippen LogP contribution in [0.15, 0.2) is 18.2 Å². The van der Waals surface area contributed by atoms with Gasteiger partial charge in [-0.3, -0.25) is 0 Å². The zero-order valence-corrected chi connectivity index (χ0v) is 12.4. The van der Waals surface area contributed by atoms with E-state index in [9.17, 15) is 9.90 Å². The van der Waals surface area contributed by atoms with Gasteiger partial charge in [-0.1, -0.05) is 24.1 Å². The van der Waals surface area contributed by atoms with Crippen LogP contribution in [-0.2, 0) is 0 Å². The number of rotatable bonds is 4. The van der Waals surface area contributed by atoms with Crippen molar-refractivity contribution in [2.45, 2.75) is 37.0 Å². The van der Waals surface area contributed by atoms with Crippen LogP contribution in [0.1, 0.15) is 36.0 Å². The fourth-order valence-corrected chi connectivity index (χ4v) is 3.65. The van der Waals surface area contributed by atoms with Gasteiger partial charge in [-0.2, -0.15) is 11.8 Å². The summed E-state index contributed by atoms with van der Waals surface area (Å²) in [6, 6.07) is 5.52. The van der Waals surface area contributed by atoms with E-state index in [1.165, 1.54) is 12.8 Å². The smallest absolute Gasteiger partial charge is 0.339 e. The van der Waals surface area contributed by atoms with Crippen LogP contribution < -0.4 is 5.32 Å². The summed E-state index contributed by atoms with van der Waals surface area (Å²) in [5, 5.41) is 13.6. The van der Waals surface area contributed by atoms with Gasteiger partial charge in [0.2, 0.25) is 0 Å². The van der Waals surface area contributed by atoms with Crippen molar-refractivity contribution in [2.75, 3.05) is 11.6 Å². The number of anilines is 1. The number of nitrogens with one attached hydrogen (secondary N) is 1. The molecule has 2 N–H and O–H groups in total. The Hall–Kier alpha value is -0.870. The van der Waals surface area contributed by atoms with Gasteiger partial charge in [-0.05, 0) is 37.7 Å². The number of thioether (sulfide) groups is 1. The summed E-state index contributed by atoms with van der Waals surface area (Å²) in [6.07, 6.45) is 6.73. The van der Waals surface area contributed by atoms with E-state index in [0.29, 0.717) is 17.0 Å². The summed E-state index contributed by atoms with van der Waals surface area (Å²) in [5.74, 6) is -0.981. The maximum atomic E-state index is 11.3. The molecule has 1 aliphatic carbocycles. The van der Waals surface area contributed by atoms with Crippen molar-refractivity contribution >= 4 is 35.0 Å². The molecule has 1 aromatic carbocycles. The van der Waals surface area contributed by atoms with E-state index >= 15 is 0 Å². The highest BCUT2D eigenvalue weighted by Gasteiger charge is 2.23. The molecule has 3 nitrogen and oxygen atoms in total. The first-order valence-corrected chi connectivity index (χ1v) is 8.09. The lowest BCUT2D eigenvalue weighted by atomic mass is 9.94. The topological polar surface area (TPSA) is 49.3 Å². The van der Waals surface area contributed by atoms with E-state index in [1.54, 1.807) is 18.2 Å². The summed E-state index contributed by atoms with van der Waals surface area (Å²) in [6.45, 7) is 0. The molecule has 1 fully saturated rings. The number of hydrogen-bond donors (Lipinski definition) is 2. The highest BCUT2D eigenvalue weighted by Crippen LogP contribution is 2.31. The zero-order valence-electron chi connectivity index (χ0n) is 10.9. The standard InChI is InChI=1S/C14H18ClNO2S/c1-19-10-5-2-4-9(8-10)16-12-7-3-6-11(15)13(12)14(17)18/h3,6-7,9-10,16H,2,4-5,8H2,1H3,(H,17,18). The fourth-order valence-electron chi connectivity index (χ4n) is 2.57. The molecular weight excluding hydrogens is 282 g/mol. The lowest BCUT2D eigenvalue weighted by molar-refractivity contribution is 0.0698. The predicted octanol–water partition coefficient (Wildman–Crippen LogP) is 4.12. The van der Waals surface area contributed by atoms with Crippen LogP contribution in [0.25, 0.3) is 0 Å². The van der Waals surface area contributed by atoms with Gasteiger partial charge in [-0.25, -0.2) is 4.79 Å². The minimum absolute atomic E-state index is 0.176. The molecule has 1 saturated carbocycles. The van der Waals surface area contributed by atoms with Crippen LogP contribution in [0.2, 0.25) is 5.02 Å². The summed E-state index contributed by atoms with van der Waals surface area (Å²) in [4.78, 5) is 11.3. The van der Waals surface area contributed by atoms with Crippen molar-refractivity contribution in [1.29, 1.82) is 0 Å². The van der Waals surface area contributed by atoms with E-state index in [4.69, 9.17) is 11.6 Å². The minimum atomic E-state index is -0.981. The Balaban J connectivity index is 2.14. The van der Waals surface area contributed by atoms with Crippen molar-refractivity contribution in [3.05, 3.63) is 28.8 Å². The van der Waals surface area contributed by atoms with Gasteiger partial charge in [0.25, 0.3) is 0 Å². The lowest BCUT2D eigenvalue weighted by Crippen LogP contribution is -2.29. The number of carbonyl (C=O) groups is 1. The molecule has 1 aliphatic rings. The maximum Gasteiger partial charge on any atom is 0.339 e. The van der Waals surface area contributed by atoms with Gasteiger partial charge in [0.15, 0.2) is 0 Å². The quantitative estimate of drug-likeness (QED) is 0.878. The fraction of sp³-hybridized carbons (Fsp3) is 0.500. The molecule has 0 saturated heterocycles. The first-order chi connectivity index (χ1) is 9.11. The number of carboxylic acid groups (broad SMARTS) is 1. The summed E-state index contributed by atoms with van der Waals surface area (Å²) < 4.78 is 0. The number of aromatic carboxylic acids is 1. The lowest BCUT2D eigenvalue weighted by Gasteiger charge is -2.29. The third-order valence-corrected chi connectivity index (χ3v) is 4.96. The molecule has 0 radical (unpaired) electrons. The monoisotopic (exact) mass is 299 g/mol. The average Bonchev–Trinajstić information content (AvgIpc) is 2.38. The molecule has 1 aromatic rings. The molecule has 0 aromatic heterocycles. The van der Waals surface area contributed by atoms with Crippen molar-refractivity contribution in [1.82, 2.24) is 0 Å². The number of carboxylic acids is 1. The van der Waals surface area contributed by atoms with Gasteiger partial charge in [0.05, 0.1) is 10.7 Å². The first-order valence-electron chi connectivity index (χ1n) is 6.43. The maximum absolute atomic E-state index is 11.3. The van der Waals surface area contributed by atoms with Crippen molar-refractivity contribution in [3.63, 3.8) is 0 Å². The van der Waals surface area contributed by atoms with E-state index in [-0.39, 0.29) is 10.6 Å². The van der Waals surface area contributed by atoms with E-state index < -0.39 is 5.97 Å². The predicted molar refractivity (Wildman–Crippen MR) is 81.6 cm³/mol. The minimum Gasteiger partial charge on any atom is -0.478 e. The normalized spacial score (nSPS) is 23.1. The van der Waals surface area contributed by atoms with Crippen LogP contribution in [0.4, 0.5) is 5.69 Å². The third kappa shape index (κ3) is 3.57. The highest BCUT2D eigenvalue weighted by molar-refractivity contribution is 7.99. The van der Waals surface area contributed by atoms with E-state index in [1.807, 2.05) is 11.8 Å². The molecule has 5 heteroatoms. The van der Waals surface area contributed by atoms with Crippen molar-refractivity contribution < 1.29 is 9.90 Å². The summed E-state index contributed by atoms with van der Waals surface area (Å²) in [5.41, 5.74) is 0.808. The Morgan fingerprint density at radius 1 is 1.47 bits per heavy atom. The molecule has 2 atom stereocenters. The molecule has 2 unspecified atom stereocenters. The number of benzene rings is 1. The third-order valence-electron chi connectivity index (χ3n) is 3.55. The Morgan fingerprint density at radius 3 is 2.95 bits per heavy atom. The largest absolute Gasteiger partial charge is 0.478 e. The molecule has 2 rings (SSSR count). The van der Waals surface area contributed by atoms with Gasteiger partial charge in [0.1, 0.15) is 5.56 Å². The van der Waals surface area contributed by atoms with Crippen LogP contribution in [0.3, 0.4) is 0 Å². The molecule has 0 spiro atoms. The van der Waals surface area contributed by atoms with Gasteiger partial charge >= 0.3 is 5.97 Å². The van der Waals surface area contributed by atoms with E-state index in [2.05, 4.69) is 11.6 Å².